The minimum Gasteiger partial charge on any atom is -0.353 e. The van der Waals surface area contributed by atoms with Crippen LogP contribution in [0.15, 0.2) is 22.7 Å². The van der Waals surface area contributed by atoms with E-state index in [9.17, 15) is 9.18 Å². The molecule has 100 valence electrons. The molecule has 0 saturated heterocycles. The highest BCUT2D eigenvalue weighted by atomic mass is 79.9. The van der Waals surface area contributed by atoms with Crippen molar-refractivity contribution in [1.29, 1.82) is 0 Å². The van der Waals surface area contributed by atoms with Gasteiger partial charge in [0.15, 0.2) is 0 Å². The molecular weight excluding hydrogens is 299 g/mol. The largest absolute Gasteiger partial charge is 0.353 e. The average Bonchev–Trinajstić information content (AvgIpc) is 2.26. The molecule has 0 aliphatic carbocycles. The molecule has 0 fully saturated rings. The van der Waals surface area contributed by atoms with Crippen molar-refractivity contribution >= 4 is 21.8 Å². The zero-order chi connectivity index (χ0) is 13.7. The molecule has 1 aromatic rings. The average molecular weight is 317 g/mol. The van der Waals surface area contributed by atoms with Gasteiger partial charge in [0.1, 0.15) is 5.82 Å². The molecular formula is C13H18BrFN2O. The summed E-state index contributed by atoms with van der Waals surface area (Å²) in [5.74, 6) is -0.320. The summed E-state index contributed by atoms with van der Waals surface area (Å²) in [5, 5.41) is 5.93. The van der Waals surface area contributed by atoms with Crippen LogP contribution < -0.4 is 10.6 Å². The predicted molar refractivity (Wildman–Crippen MR) is 73.7 cm³/mol. The molecule has 1 aromatic carbocycles. The summed E-state index contributed by atoms with van der Waals surface area (Å²) < 4.78 is 13.6. The van der Waals surface area contributed by atoms with Crippen molar-refractivity contribution in [3.05, 3.63) is 34.1 Å². The predicted octanol–water partition coefficient (Wildman–Crippen LogP) is 2.59. The Labute approximate surface area is 115 Å². The number of halogens is 2. The van der Waals surface area contributed by atoms with Crippen molar-refractivity contribution in [2.45, 2.75) is 39.4 Å². The summed E-state index contributed by atoms with van der Waals surface area (Å²) in [4.78, 5) is 11.7. The lowest BCUT2D eigenvalue weighted by Gasteiger charge is -2.16. The minimum absolute atomic E-state index is 0.0387. The first-order valence-electron chi connectivity index (χ1n) is 5.88. The number of hydrogen-bond donors (Lipinski definition) is 2. The lowest BCUT2D eigenvalue weighted by Crippen LogP contribution is -2.44. The lowest BCUT2D eigenvalue weighted by molar-refractivity contribution is -0.123. The third-order valence-corrected chi connectivity index (χ3v) is 3.18. The molecule has 1 amide bonds. The van der Waals surface area contributed by atoms with E-state index in [1.54, 1.807) is 13.0 Å². The van der Waals surface area contributed by atoms with Gasteiger partial charge in [-0.3, -0.25) is 4.79 Å². The van der Waals surface area contributed by atoms with Gasteiger partial charge in [-0.1, -0.05) is 22.0 Å². The Morgan fingerprint density at radius 3 is 2.61 bits per heavy atom. The molecule has 0 heterocycles. The molecule has 0 saturated carbocycles. The monoisotopic (exact) mass is 316 g/mol. The Balaban J connectivity index is 2.52. The second kappa shape index (κ2) is 6.85. The van der Waals surface area contributed by atoms with E-state index < -0.39 is 0 Å². The summed E-state index contributed by atoms with van der Waals surface area (Å²) in [6, 6.07) is 4.35. The van der Waals surface area contributed by atoms with Gasteiger partial charge in [0.25, 0.3) is 0 Å². The molecule has 5 heteroatoms. The van der Waals surface area contributed by atoms with Crippen LogP contribution in [0.2, 0.25) is 0 Å². The molecule has 0 aliphatic rings. The van der Waals surface area contributed by atoms with Crippen LogP contribution in [0.1, 0.15) is 26.3 Å². The number of carbonyl (C=O) groups is 1. The maximum Gasteiger partial charge on any atom is 0.237 e. The van der Waals surface area contributed by atoms with E-state index in [0.717, 1.165) is 5.56 Å². The molecule has 18 heavy (non-hydrogen) atoms. The SMILES string of the molecule is CC(C)NC(=O)C(C)NCc1ccc(F)cc1Br. The van der Waals surface area contributed by atoms with E-state index in [1.165, 1.54) is 12.1 Å². The first-order chi connectivity index (χ1) is 8.40. The fourth-order valence-corrected chi connectivity index (χ4v) is 1.92. The van der Waals surface area contributed by atoms with Gasteiger partial charge in [-0.15, -0.1) is 0 Å². The van der Waals surface area contributed by atoms with Crippen LogP contribution in [-0.2, 0) is 11.3 Å². The van der Waals surface area contributed by atoms with Gasteiger partial charge >= 0.3 is 0 Å². The fourth-order valence-electron chi connectivity index (χ4n) is 1.43. The lowest BCUT2D eigenvalue weighted by atomic mass is 10.2. The smallest absolute Gasteiger partial charge is 0.237 e. The van der Waals surface area contributed by atoms with E-state index in [-0.39, 0.29) is 23.8 Å². The van der Waals surface area contributed by atoms with E-state index in [0.29, 0.717) is 11.0 Å². The molecule has 0 radical (unpaired) electrons. The van der Waals surface area contributed by atoms with E-state index in [4.69, 9.17) is 0 Å². The molecule has 1 rings (SSSR count). The van der Waals surface area contributed by atoms with Crippen LogP contribution in [0.3, 0.4) is 0 Å². The van der Waals surface area contributed by atoms with Crippen molar-refractivity contribution in [3.8, 4) is 0 Å². The van der Waals surface area contributed by atoms with Crippen molar-refractivity contribution in [2.24, 2.45) is 0 Å². The van der Waals surface area contributed by atoms with Gasteiger partial charge in [0, 0.05) is 17.1 Å². The zero-order valence-corrected chi connectivity index (χ0v) is 12.3. The highest BCUT2D eigenvalue weighted by molar-refractivity contribution is 9.10. The normalized spacial score (nSPS) is 12.6. The molecule has 3 nitrogen and oxygen atoms in total. The molecule has 2 N–H and O–H groups in total. The van der Waals surface area contributed by atoms with E-state index >= 15 is 0 Å². The maximum absolute atomic E-state index is 12.9. The van der Waals surface area contributed by atoms with Gasteiger partial charge in [-0.25, -0.2) is 4.39 Å². The van der Waals surface area contributed by atoms with Crippen molar-refractivity contribution < 1.29 is 9.18 Å². The van der Waals surface area contributed by atoms with Crippen LogP contribution in [-0.4, -0.2) is 18.0 Å². The summed E-state index contributed by atoms with van der Waals surface area (Å²) >= 11 is 3.29. The Morgan fingerprint density at radius 1 is 1.39 bits per heavy atom. The second-order valence-electron chi connectivity index (χ2n) is 4.50. The zero-order valence-electron chi connectivity index (χ0n) is 10.8. The fraction of sp³-hybridized carbons (Fsp3) is 0.462. The molecule has 1 atom stereocenters. The summed E-state index contributed by atoms with van der Waals surface area (Å²) in [6.45, 7) is 6.14. The van der Waals surface area contributed by atoms with Crippen molar-refractivity contribution in [3.63, 3.8) is 0 Å². The minimum atomic E-state index is -0.288. The van der Waals surface area contributed by atoms with Crippen LogP contribution in [0.5, 0.6) is 0 Å². The van der Waals surface area contributed by atoms with Crippen molar-refractivity contribution in [2.75, 3.05) is 0 Å². The molecule has 0 spiro atoms. The molecule has 0 aromatic heterocycles. The van der Waals surface area contributed by atoms with Gasteiger partial charge in [-0.05, 0) is 38.5 Å². The van der Waals surface area contributed by atoms with Gasteiger partial charge in [0.05, 0.1) is 6.04 Å². The maximum atomic E-state index is 12.9. The van der Waals surface area contributed by atoms with Crippen LogP contribution in [0, 0.1) is 5.82 Å². The van der Waals surface area contributed by atoms with Crippen LogP contribution >= 0.6 is 15.9 Å². The topological polar surface area (TPSA) is 41.1 Å². The second-order valence-corrected chi connectivity index (χ2v) is 5.36. The Bertz CT molecular complexity index is 423. The highest BCUT2D eigenvalue weighted by Gasteiger charge is 2.13. The Hall–Kier alpha value is -0.940. The summed E-state index contributed by atoms with van der Waals surface area (Å²) in [6.07, 6.45) is 0. The van der Waals surface area contributed by atoms with E-state index in [2.05, 4.69) is 26.6 Å². The quantitative estimate of drug-likeness (QED) is 0.876. The van der Waals surface area contributed by atoms with Gasteiger partial charge < -0.3 is 10.6 Å². The third kappa shape index (κ3) is 4.74. The number of amides is 1. The van der Waals surface area contributed by atoms with Crippen LogP contribution in [0.25, 0.3) is 0 Å². The first kappa shape index (κ1) is 15.1. The molecule has 1 unspecified atom stereocenters. The Kier molecular flexibility index (Phi) is 5.75. The molecule has 0 bridgehead atoms. The summed E-state index contributed by atoms with van der Waals surface area (Å²) in [7, 11) is 0. The van der Waals surface area contributed by atoms with Crippen molar-refractivity contribution in [1.82, 2.24) is 10.6 Å². The number of carbonyl (C=O) groups excluding carboxylic acids is 1. The first-order valence-corrected chi connectivity index (χ1v) is 6.67. The highest BCUT2D eigenvalue weighted by Crippen LogP contribution is 2.17. The third-order valence-electron chi connectivity index (χ3n) is 2.44. The molecule has 0 aliphatic heterocycles. The number of hydrogen-bond acceptors (Lipinski definition) is 2. The van der Waals surface area contributed by atoms with Gasteiger partial charge in [-0.2, -0.15) is 0 Å². The van der Waals surface area contributed by atoms with Gasteiger partial charge in [0.2, 0.25) is 5.91 Å². The summed E-state index contributed by atoms with van der Waals surface area (Å²) in [5.41, 5.74) is 0.917. The number of benzene rings is 1. The Morgan fingerprint density at radius 2 is 2.06 bits per heavy atom. The van der Waals surface area contributed by atoms with Crippen LogP contribution in [0.4, 0.5) is 4.39 Å². The number of rotatable bonds is 5. The number of nitrogens with one attached hydrogen (secondary N) is 2. The standard InChI is InChI=1S/C13H18BrFN2O/c1-8(2)17-13(18)9(3)16-7-10-4-5-11(15)6-12(10)14/h4-6,8-9,16H,7H2,1-3H3,(H,17,18). The van der Waals surface area contributed by atoms with E-state index in [1.807, 2.05) is 13.8 Å².